The van der Waals surface area contributed by atoms with Crippen LogP contribution in [0.4, 0.5) is 5.69 Å². The molecule has 2 amide bonds. The van der Waals surface area contributed by atoms with E-state index in [1.165, 1.54) is 17.2 Å². The lowest BCUT2D eigenvalue weighted by Gasteiger charge is -2.35. The maximum Gasteiger partial charge on any atom is 0.308 e. The van der Waals surface area contributed by atoms with Crippen molar-refractivity contribution in [1.29, 1.82) is 0 Å². The monoisotopic (exact) mass is 585 g/mol. The van der Waals surface area contributed by atoms with Crippen molar-refractivity contribution < 1.29 is 43.2 Å². The van der Waals surface area contributed by atoms with Crippen molar-refractivity contribution in [3.63, 3.8) is 0 Å². The fourth-order valence-corrected chi connectivity index (χ4v) is 4.24. The molecule has 220 valence electrons. The van der Waals surface area contributed by atoms with Gasteiger partial charge in [-0.1, -0.05) is 24.1 Å². The van der Waals surface area contributed by atoms with E-state index in [1.54, 1.807) is 43.4 Å². The Labute approximate surface area is 246 Å². The minimum atomic E-state index is -1.17. The highest BCUT2D eigenvalue weighted by molar-refractivity contribution is 6.03. The number of carboxylic acids is 1. The Bertz CT molecular complexity index is 1610. The maximum atomic E-state index is 13.3. The summed E-state index contributed by atoms with van der Waals surface area (Å²) in [6.45, 7) is 0.00540. The molecule has 0 bridgehead atoms. The summed E-state index contributed by atoms with van der Waals surface area (Å²) in [5.41, 5.74) is -0.159. The fraction of sp³-hybridized carbons (Fsp3) is 0.258. The number of rotatable bonds is 8. The molecule has 2 aromatic carbocycles. The number of carbonyl (C=O) groups excluding carboxylic acids is 3. The van der Waals surface area contributed by atoms with E-state index >= 15 is 0 Å². The zero-order valence-electron chi connectivity index (χ0n) is 23.1. The Balaban J connectivity index is 1.25. The molecule has 12 heteroatoms. The smallest absolute Gasteiger partial charge is 0.308 e. The Morgan fingerprint density at radius 2 is 1.88 bits per heavy atom. The van der Waals surface area contributed by atoms with Crippen LogP contribution in [-0.4, -0.2) is 72.4 Å². The molecular formula is C31H27N3O9. The molecule has 0 radical (unpaired) electrons. The molecule has 1 fully saturated rings. The fourth-order valence-electron chi connectivity index (χ4n) is 4.24. The first kappa shape index (κ1) is 29.1. The van der Waals surface area contributed by atoms with E-state index in [-0.39, 0.29) is 38.4 Å². The maximum absolute atomic E-state index is 13.3. The number of benzene rings is 2. The van der Waals surface area contributed by atoms with Crippen LogP contribution in [0.15, 0.2) is 66.9 Å². The van der Waals surface area contributed by atoms with E-state index in [0.717, 1.165) is 0 Å². The average molecular weight is 586 g/mol. The number of carboxylic acid groups (broad SMARTS) is 1. The molecule has 12 nitrogen and oxygen atoms in total. The highest BCUT2D eigenvalue weighted by Crippen LogP contribution is 2.32. The number of aromatic nitrogens is 1. The number of hydrogen-bond acceptors (Lipinski definition) is 9. The number of ether oxygens (including phenoxy) is 4. The molecule has 2 aliphatic heterocycles. The van der Waals surface area contributed by atoms with Crippen molar-refractivity contribution in [2.45, 2.75) is 24.5 Å². The number of nitrogens with one attached hydrogen (secondary N) is 1. The van der Waals surface area contributed by atoms with E-state index in [0.29, 0.717) is 28.5 Å². The number of carbonyl (C=O) groups is 4. The highest BCUT2D eigenvalue weighted by atomic mass is 16.6. The Morgan fingerprint density at radius 3 is 2.60 bits per heavy atom. The summed E-state index contributed by atoms with van der Waals surface area (Å²) in [6.07, 6.45) is 0.823. The molecule has 1 unspecified atom stereocenters. The number of para-hydroxylation sites is 1. The number of nitrogens with zero attached hydrogens (tertiary/aromatic N) is 2. The molecule has 5 rings (SSSR count). The minimum Gasteiger partial charge on any atom is -0.489 e. The number of anilines is 1. The average Bonchev–Trinajstić information content (AvgIpc) is 3.10. The van der Waals surface area contributed by atoms with Gasteiger partial charge in [-0.15, -0.1) is 0 Å². The molecule has 1 atom stereocenters. The van der Waals surface area contributed by atoms with E-state index in [9.17, 15) is 19.2 Å². The quantitative estimate of drug-likeness (QED) is 0.298. The lowest BCUT2D eigenvalue weighted by Crippen LogP contribution is -2.52. The number of pyridine rings is 1. The zero-order chi connectivity index (χ0) is 30.4. The molecule has 3 heterocycles. The lowest BCUT2D eigenvalue weighted by atomic mass is 10.0. The van der Waals surface area contributed by atoms with Crippen molar-refractivity contribution in [2.24, 2.45) is 0 Å². The van der Waals surface area contributed by atoms with Crippen LogP contribution >= 0.6 is 0 Å². The minimum absolute atomic E-state index is 0.0583. The topological polar surface area (TPSA) is 154 Å². The van der Waals surface area contributed by atoms with Gasteiger partial charge in [0.15, 0.2) is 0 Å². The van der Waals surface area contributed by atoms with Gasteiger partial charge in [-0.3, -0.25) is 24.2 Å². The molecule has 2 N–H and O–H groups in total. The number of likely N-dealkylation sites (N-methyl/N-ethyl adjacent to an activating group) is 1. The van der Waals surface area contributed by atoms with Gasteiger partial charge in [-0.25, -0.2) is 0 Å². The van der Waals surface area contributed by atoms with Gasteiger partial charge in [0.1, 0.15) is 48.8 Å². The van der Waals surface area contributed by atoms with Gasteiger partial charge in [0, 0.05) is 24.9 Å². The standard InChI is InChI=1S/C31H27N3O9/c1-34-25-15-20(11-13-31(18-40-19-31)43-28(37)10-9-27(35)36)7-8-26(25)41-17-24(30(34)39)33-29(38)23-16-22(12-14-32-23)42-21-5-3-2-4-6-21/h2-8,12,14-16,24H,9-10,17-19H2,1H3,(H,33,38)(H,35,36). The second kappa shape index (κ2) is 12.6. The van der Waals surface area contributed by atoms with E-state index in [4.69, 9.17) is 24.1 Å². The van der Waals surface area contributed by atoms with Crippen LogP contribution in [0.25, 0.3) is 0 Å². The van der Waals surface area contributed by atoms with Crippen molar-refractivity contribution in [2.75, 3.05) is 31.8 Å². The number of amides is 2. The van der Waals surface area contributed by atoms with Gasteiger partial charge in [-0.2, -0.15) is 0 Å². The number of fused-ring (bicyclic) bond motifs is 1. The largest absolute Gasteiger partial charge is 0.489 e. The SMILES string of the molecule is CN1C(=O)C(NC(=O)c2cc(Oc3ccccc3)ccn2)COc2ccc(C#CC3(OC(=O)CCC(=O)O)COC3)cc21. The van der Waals surface area contributed by atoms with Crippen molar-refractivity contribution in [3.05, 3.63) is 78.1 Å². The van der Waals surface area contributed by atoms with Gasteiger partial charge in [0.05, 0.1) is 18.5 Å². The van der Waals surface area contributed by atoms with Crippen LogP contribution < -0.4 is 19.7 Å². The highest BCUT2D eigenvalue weighted by Gasteiger charge is 2.41. The first-order chi connectivity index (χ1) is 20.7. The molecule has 0 aliphatic carbocycles. The molecule has 0 saturated carbocycles. The van der Waals surface area contributed by atoms with Crippen molar-refractivity contribution >= 4 is 29.4 Å². The van der Waals surface area contributed by atoms with Gasteiger partial charge < -0.3 is 34.3 Å². The van der Waals surface area contributed by atoms with Gasteiger partial charge in [0.25, 0.3) is 11.8 Å². The van der Waals surface area contributed by atoms with Crippen LogP contribution in [0.1, 0.15) is 28.9 Å². The summed E-state index contributed by atoms with van der Waals surface area (Å²) < 4.78 is 22.2. The molecule has 0 spiro atoms. The lowest BCUT2D eigenvalue weighted by molar-refractivity contribution is -0.192. The van der Waals surface area contributed by atoms with Crippen LogP contribution in [-0.2, 0) is 23.9 Å². The predicted octanol–water partition coefficient (Wildman–Crippen LogP) is 2.56. The summed E-state index contributed by atoms with van der Waals surface area (Å²) in [5.74, 6) is 4.51. The summed E-state index contributed by atoms with van der Waals surface area (Å²) in [7, 11) is 1.56. The van der Waals surface area contributed by atoms with Crippen molar-refractivity contribution in [1.82, 2.24) is 10.3 Å². The molecule has 3 aromatic rings. The number of aliphatic carboxylic acids is 1. The summed E-state index contributed by atoms with van der Waals surface area (Å²) in [5, 5.41) is 11.5. The predicted molar refractivity (Wildman–Crippen MR) is 151 cm³/mol. The van der Waals surface area contributed by atoms with Crippen LogP contribution in [0.5, 0.6) is 17.2 Å². The van der Waals surface area contributed by atoms with Gasteiger partial charge in [0.2, 0.25) is 5.60 Å². The van der Waals surface area contributed by atoms with Crippen LogP contribution in [0, 0.1) is 11.8 Å². The third-order valence-electron chi connectivity index (χ3n) is 6.56. The second-order valence-corrected chi connectivity index (χ2v) is 9.81. The van der Waals surface area contributed by atoms with Crippen LogP contribution in [0.3, 0.4) is 0 Å². The van der Waals surface area contributed by atoms with Crippen molar-refractivity contribution in [3.8, 4) is 29.1 Å². The third kappa shape index (κ3) is 7.09. The first-order valence-corrected chi connectivity index (χ1v) is 13.3. The number of esters is 1. The Hall–Kier alpha value is -5.41. The Morgan fingerprint density at radius 1 is 1.09 bits per heavy atom. The molecule has 2 aliphatic rings. The zero-order valence-corrected chi connectivity index (χ0v) is 23.1. The summed E-state index contributed by atoms with van der Waals surface area (Å²) in [6, 6.07) is 16.2. The summed E-state index contributed by atoms with van der Waals surface area (Å²) >= 11 is 0. The van der Waals surface area contributed by atoms with E-state index in [2.05, 4.69) is 22.1 Å². The van der Waals surface area contributed by atoms with Gasteiger partial charge >= 0.3 is 11.9 Å². The second-order valence-electron chi connectivity index (χ2n) is 9.81. The van der Waals surface area contributed by atoms with Gasteiger partial charge in [-0.05, 0) is 42.3 Å². The molecule has 43 heavy (non-hydrogen) atoms. The van der Waals surface area contributed by atoms with Crippen LogP contribution in [0.2, 0.25) is 0 Å². The Kier molecular flexibility index (Phi) is 8.54. The third-order valence-corrected chi connectivity index (χ3v) is 6.56. The van der Waals surface area contributed by atoms with E-state index in [1.807, 2.05) is 18.2 Å². The first-order valence-electron chi connectivity index (χ1n) is 13.3. The van der Waals surface area contributed by atoms with E-state index < -0.39 is 35.4 Å². The molecular weight excluding hydrogens is 558 g/mol. The molecule has 1 aromatic heterocycles. The normalized spacial score (nSPS) is 16.6. The summed E-state index contributed by atoms with van der Waals surface area (Å²) in [4.78, 5) is 54.6. The number of hydrogen-bond donors (Lipinski definition) is 2. The molecule has 1 saturated heterocycles.